The maximum atomic E-state index is 13.4. The topological polar surface area (TPSA) is 98.5 Å². The average molecular weight is 354 g/mol. The van der Waals surface area contributed by atoms with Crippen molar-refractivity contribution in [1.29, 1.82) is 0 Å². The van der Waals surface area contributed by atoms with Crippen LogP contribution in [0.25, 0.3) is 0 Å². The minimum Gasteiger partial charge on any atom is -0.369 e. The molecule has 1 saturated heterocycles. The Kier molecular flexibility index (Phi) is 4.15. The fourth-order valence-electron chi connectivity index (χ4n) is 2.97. The Morgan fingerprint density at radius 1 is 0.731 bits per heavy atom. The SMILES string of the molecule is O[C@@H]1[C@@H](O)N(c2ncccn2)C(c2ccc(F)cc2)N1c1ncccn1. The predicted octanol–water partition coefficient (Wildman–Crippen LogP) is 1.07. The molecule has 2 atom stereocenters. The summed E-state index contributed by atoms with van der Waals surface area (Å²) in [7, 11) is 0. The zero-order valence-corrected chi connectivity index (χ0v) is 13.5. The fraction of sp³-hybridized carbons (Fsp3) is 0.176. The lowest BCUT2D eigenvalue weighted by atomic mass is 10.1. The van der Waals surface area contributed by atoms with Gasteiger partial charge in [-0.2, -0.15) is 0 Å². The molecule has 0 unspecified atom stereocenters. The van der Waals surface area contributed by atoms with E-state index < -0.39 is 24.4 Å². The van der Waals surface area contributed by atoms with Gasteiger partial charge >= 0.3 is 0 Å². The summed E-state index contributed by atoms with van der Waals surface area (Å²) in [6.07, 6.45) is 2.73. The van der Waals surface area contributed by atoms with E-state index >= 15 is 0 Å². The second-order valence-electron chi connectivity index (χ2n) is 5.66. The van der Waals surface area contributed by atoms with Crippen LogP contribution >= 0.6 is 0 Å². The first-order valence-electron chi connectivity index (χ1n) is 7.89. The van der Waals surface area contributed by atoms with Crippen LogP contribution in [0.15, 0.2) is 61.2 Å². The van der Waals surface area contributed by atoms with Gasteiger partial charge in [0, 0.05) is 24.8 Å². The van der Waals surface area contributed by atoms with Crippen molar-refractivity contribution in [3.8, 4) is 0 Å². The molecule has 0 aliphatic carbocycles. The highest BCUT2D eigenvalue weighted by atomic mass is 19.1. The van der Waals surface area contributed by atoms with Crippen molar-refractivity contribution in [1.82, 2.24) is 19.9 Å². The van der Waals surface area contributed by atoms with Crippen molar-refractivity contribution < 1.29 is 14.6 Å². The molecule has 26 heavy (non-hydrogen) atoms. The van der Waals surface area contributed by atoms with Crippen molar-refractivity contribution in [3.05, 3.63) is 72.6 Å². The number of anilines is 2. The van der Waals surface area contributed by atoms with Gasteiger partial charge in [0.15, 0.2) is 12.5 Å². The van der Waals surface area contributed by atoms with Crippen molar-refractivity contribution in [2.24, 2.45) is 0 Å². The second-order valence-corrected chi connectivity index (χ2v) is 5.66. The zero-order chi connectivity index (χ0) is 18.1. The number of rotatable bonds is 3. The van der Waals surface area contributed by atoms with Gasteiger partial charge in [0.05, 0.1) is 0 Å². The molecule has 2 aromatic heterocycles. The van der Waals surface area contributed by atoms with E-state index in [4.69, 9.17) is 0 Å². The lowest BCUT2D eigenvalue weighted by molar-refractivity contribution is 0.0448. The van der Waals surface area contributed by atoms with Gasteiger partial charge in [0.25, 0.3) is 0 Å². The lowest BCUT2D eigenvalue weighted by Gasteiger charge is -2.30. The Morgan fingerprint density at radius 3 is 1.58 bits per heavy atom. The number of hydrogen-bond donors (Lipinski definition) is 2. The standard InChI is InChI=1S/C17H15FN6O2/c18-12-5-3-11(4-6-12)13-23(16-19-7-1-8-20-16)14(25)15(26)24(13)17-21-9-2-10-22-17/h1-10,13-15,25-26H/t14-,15-/m1/s1. The first-order chi connectivity index (χ1) is 12.7. The molecule has 9 heteroatoms. The van der Waals surface area contributed by atoms with Crippen LogP contribution in [0.2, 0.25) is 0 Å². The third-order valence-electron chi connectivity index (χ3n) is 4.10. The number of aliphatic hydroxyl groups excluding tert-OH is 2. The van der Waals surface area contributed by atoms with E-state index in [-0.39, 0.29) is 11.9 Å². The minimum atomic E-state index is -1.34. The number of nitrogens with zero attached hydrogens (tertiary/aromatic N) is 6. The van der Waals surface area contributed by atoms with Crippen LogP contribution in [0.5, 0.6) is 0 Å². The van der Waals surface area contributed by atoms with Crippen LogP contribution in [-0.2, 0) is 0 Å². The molecule has 2 N–H and O–H groups in total. The Hall–Kier alpha value is -3.17. The van der Waals surface area contributed by atoms with Crippen LogP contribution in [0.3, 0.4) is 0 Å². The molecule has 1 fully saturated rings. The van der Waals surface area contributed by atoms with Crippen LogP contribution in [-0.4, -0.2) is 42.6 Å². The highest BCUT2D eigenvalue weighted by Gasteiger charge is 2.49. The third kappa shape index (κ3) is 2.72. The molecule has 0 radical (unpaired) electrons. The van der Waals surface area contributed by atoms with Crippen LogP contribution in [0.4, 0.5) is 16.3 Å². The highest BCUT2D eigenvalue weighted by Crippen LogP contribution is 2.39. The largest absolute Gasteiger partial charge is 0.369 e. The first kappa shape index (κ1) is 16.3. The Balaban J connectivity index is 1.86. The Labute approximate surface area is 148 Å². The van der Waals surface area contributed by atoms with E-state index in [9.17, 15) is 14.6 Å². The van der Waals surface area contributed by atoms with Crippen molar-refractivity contribution in [3.63, 3.8) is 0 Å². The van der Waals surface area contributed by atoms with E-state index in [1.807, 2.05) is 0 Å². The number of hydrogen-bond acceptors (Lipinski definition) is 8. The molecule has 1 aliphatic rings. The summed E-state index contributed by atoms with van der Waals surface area (Å²) < 4.78 is 13.4. The maximum absolute atomic E-state index is 13.4. The highest BCUT2D eigenvalue weighted by molar-refractivity contribution is 5.50. The number of aliphatic hydroxyl groups is 2. The quantitative estimate of drug-likeness (QED) is 0.721. The zero-order valence-electron chi connectivity index (χ0n) is 13.5. The molecular formula is C17H15FN6O2. The van der Waals surface area contributed by atoms with E-state index in [0.717, 1.165) is 0 Å². The Morgan fingerprint density at radius 2 is 1.15 bits per heavy atom. The van der Waals surface area contributed by atoms with Gasteiger partial charge in [-0.3, -0.25) is 9.80 Å². The van der Waals surface area contributed by atoms with Crippen molar-refractivity contribution >= 4 is 11.9 Å². The molecule has 1 aliphatic heterocycles. The molecule has 132 valence electrons. The summed E-state index contributed by atoms with van der Waals surface area (Å²) in [5.74, 6) is 0.0384. The minimum absolute atomic E-state index is 0.215. The van der Waals surface area contributed by atoms with Gasteiger partial charge in [-0.15, -0.1) is 0 Å². The third-order valence-corrected chi connectivity index (χ3v) is 4.10. The predicted molar refractivity (Wildman–Crippen MR) is 90.2 cm³/mol. The van der Waals surface area contributed by atoms with Crippen molar-refractivity contribution in [2.75, 3.05) is 9.80 Å². The number of benzene rings is 1. The molecule has 0 amide bonds. The molecule has 4 rings (SSSR count). The lowest BCUT2D eigenvalue weighted by Crippen LogP contribution is -2.37. The van der Waals surface area contributed by atoms with Gasteiger partial charge in [0.2, 0.25) is 11.9 Å². The summed E-state index contributed by atoms with van der Waals surface area (Å²) in [6, 6.07) is 9.04. The summed E-state index contributed by atoms with van der Waals surface area (Å²) in [6.45, 7) is 0. The monoisotopic (exact) mass is 354 g/mol. The van der Waals surface area contributed by atoms with E-state index in [1.165, 1.54) is 46.7 Å². The molecule has 8 nitrogen and oxygen atoms in total. The van der Waals surface area contributed by atoms with Crippen molar-refractivity contribution in [2.45, 2.75) is 18.6 Å². The number of aromatic nitrogens is 4. The average Bonchev–Trinajstić information content (AvgIpc) is 2.95. The molecular weight excluding hydrogens is 339 g/mol. The Bertz CT molecular complexity index is 816. The summed E-state index contributed by atoms with van der Waals surface area (Å²) in [5.41, 5.74) is 0.613. The molecule has 3 heterocycles. The van der Waals surface area contributed by atoms with Crippen LogP contribution < -0.4 is 9.80 Å². The van der Waals surface area contributed by atoms with E-state index in [2.05, 4.69) is 19.9 Å². The molecule has 1 aromatic carbocycles. The smallest absolute Gasteiger partial charge is 0.229 e. The van der Waals surface area contributed by atoms with E-state index in [0.29, 0.717) is 5.56 Å². The van der Waals surface area contributed by atoms with Crippen LogP contribution in [0.1, 0.15) is 11.7 Å². The second kappa shape index (κ2) is 6.62. The fourth-order valence-corrected chi connectivity index (χ4v) is 2.97. The van der Waals surface area contributed by atoms with Gasteiger partial charge in [-0.1, -0.05) is 12.1 Å². The maximum Gasteiger partial charge on any atom is 0.229 e. The number of halogens is 1. The van der Waals surface area contributed by atoms with Gasteiger partial charge in [0.1, 0.15) is 12.0 Å². The normalized spacial score (nSPS) is 20.6. The van der Waals surface area contributed by atoms with Gasteiger partial charge in [-0.25, -0.2) is 24.3 Å². The van der Waals surface area contributed by atoms with Gasteiger partial charge in [-0.05, 0) is 29.8 Å². The van der Waals surface area contributed by atoms with Crippen LogP contribution in [0, 0.1) is 5.82 Å². The molecule has 0 spiro atoms. The molecule has 3 aromatic rings. The molecule has 0 bridgehead atoms. The van der Waals surface area contributed by atoms with E-state index in [1.54, 1.807) is 24.3 Å². The molecule has 0 saturated carbocycles. The summed E-state index contributed by atoms with van der Waals surface area (Å²) >= 11 is 0. The first-order valence-corrected chi connectivity index (χ1v) is 7.89. The van der Waals surface area contributed by atoms with Gasteiger partial charge < -0.3 is 10.2 Å². The summed E-state index contributed by atoms with van der Waals surface area (Å²) in [5, 5.41) is 21.3. The summed E-state index contributed by atoms with van der Waals surface area (Å²) in [4.78, 5) is 19.6.